The molecule has 1 spiro atoms. The number of nitrogens with one attached hydrogen (secondary N) is 1. The smallest absolute Gasteiger partial charge is 0.325 e. The van der Waals surface area contributed by atoms with Crippen LogP contribution in [0, 0.1) is 0 Å². The molecular formula is C14H14N2O5. The Kier molecular flexibility index (Phi) is 2.69. The van der Waals surface area contributed by atoms with E-state index in [-0.39, 0.29) is 5.57 Å². The Labute approximate surface area is 119 Å². The molecule has 110 valence electrons. The number of nitrogens with zero attached hydrogens (tertiary/aromatic N) is 1. The zero-order valence-corrected chi connectivity index (χ0v) is 11.3. The Morgan fingerprint density at radius 3 is 2.67 bits per heavy atom. The molecule has 1 fully saturated rings. The van der Waals surface area contributed by atoms with Gasteiger partial charge in [0.1, 0.15) is 17.2 Å². The Morgan fingerprint density at radius 1 is 1.43 bits per heavy atom. The fraction of sp³-hybridized carbons (Fsp3) is 0.357. The average molecular weight is 290 g/mol. The molecule has 1 unspecified atom stereocenters. The van der Waals surface area contributed by atoms with E-state index in [9.17, 15) is 19.5 Å². The predicted molar refractivity (Wildman–Crippen MR) is 71.4 cm³/mol. The maximum Gasteiger partial charge on any atom is 0.325 e. The van der Waals surface area contributed by atoms with Gasteiger partial charge in [-0.05, 0) is 31.9 Å². The minimum Gasteiger partial charge on any atom is -0.505 e. The van der Waals surface area contributed by atoms with Gasteiger partial charge in [-0.3, -0.25) is 14.4 Å². The van der Waals surface area contributed by atoms with Crippen molar-refractivity contribution < 1.29 is 24.6 Å². The standard InChI is InChI=1S/C14H14N2O5/c1-7(13(20)21)15-12(19)9-10(17)8-3-2-6-16(8)14(4-5-14)11(9)18/h2-3,6-7,17H,4-5H2,1H3,(H,15,19)(H,20,21). The van der Waals surface area contributed by atoms with Crippen molar-refractivity contribution in [2.45, 2.75) is 31.3 Å². The van der Waals surface area contributed by atoms with Gasteiger partial charge in [0.25, 0.3) is 5.91 Å². The number of rotatable bonds is 3. The van der Waals surface area contributed by atoms with Crippen molar-refractivity contribution in [1.29, 1.82) is 0 Å². The molecule has 21 heavy (non-hydrogen) atoms. The molecule has 1 aliphatic heterocycles. The summed E-state index contributed by atoms with van der Waals surface area (Å²) in [7, 11) is 0. The summed E-state index contributed by atoms with van der Waals surface area (Å²) < 4.78 is 1.68. The molecule has 0 bridgehead atoms. The normalized spacial score (nSPS) is 20.1. The Hall–Kier alpha value is -2.57. The number of Topliss-reactive ketones (excluding diaryl/α,β-unsaturated/α-hetero) is 1. The molecule has 7 nitrogen and oxygen atoms in total. The molecule has 1 aromatic rings. The maximum absolute atomic E-state index is 12.5. The van der Waals surface area contributed by atoms with E-state index in [0.29, 0.717) is 18.5 Å². The Bertz CT molecular complexity index is 696. The van der Waals surface area contributed by atoms with Crippen LogP contribution in [0.1, 0.15) is 25.5 Å². The first-order valence-electron chi connectivity index (χ1n) is 6.58. The quantitative estimate of drug-likeness (QED) is 0.699. The number of fused-ring (bicyclic) bond motifs is 2. The number of ketones is 1. The van der Waals surface area contributed by atoms with Crippen LogP contribution >= 0.6 is 0 Å². The number of aliphatic hydroxyl groups is 1. The molecule has 0 radical (unpaired) electrons. The van der Waals surface area contributed by atoms with Crippen LogP contribution in [0.5, 0.6) is 0 Å². The van der Waals surface area contributed by atoms with Crippen molar-refractivity contribution in [3.63, 3.8) is 0 Å². The molecule has 7 heteroatoms. The molecule has 0 aromatic carbocycles. The molecule has 2 aliphatic rings. The molecular weight excluding hydrogens is 276 g/mol. The summed E-state index contributed by atoms with van der Waals surface area (Å²) in [6.45, 7) is 1.29. The van der Waals surface area contributed by atoms with Gasteiger partial charge in [0.2, 0.25) is 0 Å². The number of carboxylic acid groups (broad SMARTS) is 1. The number of carboxylic acids is 1. The van der Waals surface area contributed by atoms with Gasteiger partial charge in [-0.1, -0.05) is 0 Å². The zero-order valence-electron chi connectivity index (χ0n) is 11.3. The lowest BCUT2D eigenvalue weighted by Crippen LogP contribution is -2.44. The molecule has 2 heterocycles. The van der Waals surface area contributed by atoms with E-state index >= 15 is 0 Å². The number of aliphatic hydroxyl groups excluding tert-OH is 1. The molecule has 1 atom stereocenters. The second-order valence-electron chi connectivity index (χ2n) is 5.38. The number of hydrogen-bond acceptors (Lipinski definition) is 4. The lowest BCUT2D eigenvalue weighted by molar-refractivity contribution is -0.141. The third-order valence-corrected chi connectivity index (χ3v) is 4.01. The second-order valence-corrected chi connectivity index (χ2v) is 5.38. The number of amides is 1. The van der Waals surface area contributed by atoms with Crippen molar-refractivity contribution in [3.8, 4) is 0 Å². The van der Waals surface area contributed by atoms with Crippen LogP contribution in [0.15, 0.2) is 23.9 Å². The van der Waals surface area contributed by atoms with Crippen molar-refractivity contribution in [2.24, 2.45) is 0 Å². The second kappa shape index (κ2) is 4.21. The number of carbonyl (C=O) groups is 3. The SMILES string of the molecule is CC(NC(=O)C1=C(O)c2cccn2C2(CC2)C1=O)C(=O)O. The largest absolute Gasteiger partial charge is 0.505 e. The van der Waals surface area contributed by atoms with Crippen LogP contribution in [0.25, 0.3) is 5.76 Å². The molecule has 3 rings (SSSR count). The minimum absolute atomic E-state index is 0.355. The van der Waals surface area contributed by atoms with Crippen molar-refractivity contribution in [1.82, 2.24) is 9.88 Å². The summed E-state index contributed by atoms with van der Waals surface area (Å²) in [6, 6.07) is 2.17. The summed E-state index contributed by atoms with van der Waals surface area (Å²) in [6.07, 6.45) is 2.91. The summed E-state index contributed by atoms with van der Waals surface area (Å²) in [5.74, 6) is -2.93. The highest BCUT2D eigenvalue weighted by Gasteiger charge is 2.57. The van der Waals surface area contributed by atoms with Crippen LogP contribution < -0.4 is 5.32 Å². The van der Waals surface area contributed by atoms with Gasteiger partial charge in [-0.2, -0.15) is 0 Å². The lowest BCUT2D eigenvalue weighted by Gasteiger charge is -2.26. The Balaban J connectivity index is 2.02. The van der Waals surface area contributed by atoms with Crippen molar-refractivity contribution >= 4 is 23.4 Å². The third kappa shape index (κ3) is 1.77. The van der Waals surface area contributed by atoms with Crippen molar-refractivity contribution in [2.75, 3.05) is 0 Å². The fourth-order valence-electron chi connectivity index (χ4n) is 2.65. The van der Waals surface area contributed by atoms with Gasteiger partial charge in [-0.15, -0.1) is 0 Å². The van der Waals surface area contributed by atoms with E-state index in [1.54, 1.807) is 22.9 Å². The van der Waals surface area contributed by atoms with Crippen LogP contribution in [-0.2, 0) is 19.9 Å². The highest BCUT2D eigenvalue weighted by molar-refractivity contribution is 6.27. The fourth-order valence-corrected chi connectivity index (χ4v) is 2.65. The van der Waals surface area contributed by atoms with Gasteiger partial charge >= 0.3 is 5.97 Å². The molecule has 0 saturated heterocycles. The van der Waals surface area contributed by atoms with Gasteiger partial charge in [0, 0.05) is 6.20 Å². The van der Waals surface area contributed by atoms with E-state index in [4.69, 9.17) is 5.11 Å². The van der Waals surface area contributed by atoms with E-state index in [2.05, 4.69) is 5.32 Å². The van der Waals surface area contributed by atoms with E-state index in [0.717, 1.165) is 0 Å². The van der Waals surface area contributed by atoms with E-state index in [1.807, 2.05) is 0 Å². The topological polar surface area (TPSA) is 109 Å². The van der Waals surface area contributed by atoms with E-state index < -0.39 is 35.0 Å². The molecule has 1 aliphatic carbocycles. The first kappa shape index (κ1) is 13.4. The van der Waals surface area contributed by atoms with Gasteiger partial charge in [0.05, 0.1) is 5.69 Å². The first-order valence-corrected chi connectivity index (χ1v) is 6.58. The summed E-state index contributed by atoms with van der Waals surface area (Å²) in [5, 5.41) is 21.2. The molecule has 1 saturated carbocycles. The highest BCUT2D eigenvalue weighted by atomic mass is 16.4. The number of hydrogen-bond donors (Lipinski definition) is 3. The van der Waals surface area contributed by atoms with Crippen LogP contribution in [0.2, 0.25) is 0 Å². The molecule has 1 amide bonds. The monoisotopic (exact) mass is 290 g/mol. The predicted octanol–water partition coefficient (Wildman–Crippen LogP) is 0.418. The van der Waals surface area contributed by atoms with Gasteiger partial charge in [-0.25, -0.2) is 0 Å². The minimum atomic E-state index is -1.21. The average Bonchev–Trinajstić information content (AvgIpc) is 3.06. The summed E-state index contributed by atoms with van der Waals surface area (Å²) in [5.41, 5.74) is -0.739. The van der Waals surface area contributed by atoms with Gasteiger partial charge in [0.15, 0.2) is 11.5 Å². The van der Waals surface area contributed by atoms with Crippen molar-refractivity contribution in [3.05, 3.63) is 29.6 Å². The number of aliphatic carboxylic acids is 1. The maximum atomic E-state index is 12.5. The number of carbonyl (C=O) groups excluding carboxylic acids is 2. The molecule has 3 N–H and O–H groups in total. The zero-order chi connectivity index (χ0) is 15.4. The Morgan fingerprint density at radius 2 is 2.10 bits per heavy atom. The number of aromatic nitrogens is 1. The lowest BCUT2D eigenvalue weighted by atomic mass is 9.94. The molecule has 1 aromatic heterocycles. The van der Waals surface area contributed by atoms with Crippen LogP contribution in [0.3, 0.4) is 0 Å². The highest BCUT2D eigenvalue weighted by Crippen LogP contribution is 2.50. The third-order valence-electron chi connectivity index (χ3n) is 4.01. The van der Waals surface area contributed by atoms with Crippen LogP contribution in [-0.4, -0.2) is 38.5 Å². The summed E-state index contributed by atoms with van der Waals surface area (Å²) in [4.78, 5) is 35.5. The first-order chi connectivity index (χ1) is 9.88. The van der Waals surface area contributed by atoms with Gasteiger partial charge < -0.3 is 20.1 Å². The summed E-state index contributed by atoms with van der Waals surface area (Å²) >= 11 is 0. The van der Waals surface area contributed by atoms with Crippen LogP contribution in [0.4, 0.5) is 0 Å². The van der Waals surface area contributed by atoms with E-state index in [1.165, 1.54) is 6.92 Å².